The molecular weight excluding hydrogens is 544 g/mol. The molecule has 1 atom stereocenters. The summed E-state index contributed by atoms with van der Waals surface area (Å²) in [6, 6.07) is 18.7. The molecule has 5 rings (SSSR count). The van der Waals surface area contributed by atoms with Gasteiger partial charge in [0, 0.05) is 25.4 Å². The van der Waals surface area contributed by atoms with Gasteiger partial charge in [-0.2, -0.15) is 0 Å². The van der Waals surface area contributed by atoms with E-state index in [-0.39, 0.29) is 36.1 Å². The van der Waals surface area contributed by atoms with Crippen molar-refractivity contribution < 1.29 is 23.9 Å². The molecule has 2 saturated heterocycles. The Kier molecular flexibility index (Phi) is 17.4. The van der Waals surface area contributed by atoms with E-state index in [0.717, 1.165) is 50.3 Å². The minimum Gasteiger partial charge on any atom is -0.381 e. The largest absolute Gasteiger partial charge is 0.381 e. The van der Waals surface area contributed by atoms with Gasteiger partial charge in [-0.15, -0.1) is 0 Å². The smallest absolute Gasteiger partial charge is 0.253 e. The Balaban J connectivity index is 0.000000233. The molecule has 0 spiro atoms. The van der Waals surface area contributed by atoms with Gasteiger partial charge in [0.15, 0.2) is 0 Å². The molecule has 3 aliphatic heterocycles. The summed E-state index contributed by atoms with van der Waals surface area (Å²) >= 11 is 0. The topological polar surface area (TPSA) is 122 Å². The lowest BCUT2D eigenvalue weighted by atomic mass is 10.2. The first-order chi connectivity index (χ1) is 20.9. The van der Waals surface area contributed by atoms with Gasteiger partial charge >= 0.3 is 0 Å². The lowest BCUT2D eigenvalue weighted by molar-refractivity contribution is -0.140. The molecule has 2 aromatic carbocycles. The zero-order chi connectivity index (χ0) is 31.3. The number of nitrogens with zero attached hydrogens (tertiary/aromatic N) is 2. The Hall–Kier alpha value is -3.66. The van der Waals surface area contributed by atoms with Crippen molar-refractivity contribution in [1.82, 2.24) is 15.1 Å². The predicted molar refractivity (Wildman–Crippen MR) is 168 cm³/mol. The standard InChI is InChI=1S/C15H20N2O2.C11H9NO2.C4H11N.C4H8O/c1-2-3-9-16-13-10-14(18)17(15(13)19)11-12-7-5-4-6-8-12;13-10-6-7-11(14)12(10)8-9-4-2-1-3-5-9;1-2-3-4-5;1-2-4-5-3-1/h4-8,13,16H,2-3,9-11H2,1H3;1-7H,8H2;2-5H2,1H3;1-4H2. The second-order valence-corrected chi connectivity index (χ2v) is 10.4. The molecular formula is C34H48N4O5. The first kappa shape index (κ1) is 35.5. The zero-order valence-electron chi connectivity index (χ0n) is 25.7. The van der Waals surface area contributed by atoms with E-state index >= 15 is 0 Å². The number of benzene rings is 2. The van der Waals surface area contributed by atoms with Crippen LogP contribution in [0.4, 0.5) is 0 Å². The number of imide groups is 2. The molecule has 0 radical (unpaired) electrons. The Bertz CT molecular complexity index is 1110. The number of nitrogens with one attached hydrogen (secondary N) is 1. The van der Waals surface area contributed by atoms with Crippen LogP contribution in [0.15, 0.2) is 72.8 Å². The van der Waals surface area contributed by atoms with Crippen molar-refractivity contribution in [1.29, 1.82) is 0 Å². The molecule has 0 bridgehead atoms. The maximum absolute atomic E-state index is 12.2. The fourth-order valence-corrected chi connectivity index (χ4v) is 4.30. The molecule has 9 nitrogen and oxygen atoms in total. The first-order valence-corrected chi connectivity index (χ1v) is 15.4. The quantitative estimate of drug-likeness (QED) is 0.311. The van der Waals surface area contributed by atoms with Crippen LogP contribution in [0, 0.1) is 0 Å². The molecule has 43 heavy (non-hydrogen) atoms. The first-order valence-electron chi connectivity index (χ1n) is 15.4. The fraction of sp³-hybridized carbons (Fsp3) is 0.471. The lowest BCUT2D eigenvalue weighted by Crippen LogP contribution is -2.38. The van der Waals surface area contributed by atoms with Crippen molar-refractivity contribution >= 4 is 23.6 Å². The van der Waals surface area contributed by atoms with Gasteiger partial charge in [-0.05, 0) is 49.9 Å². The second kappa shape index (κ2) is 21.1. The normalized spacial score (nSPS) is 17.2. The maximum Gasteiger partial charge on any atom is 0.253 e. The summed E-state index contributed by atoms with van der Waals surface area (Å²) in [7, 11) is 0. The van der Waals surface area contributed by atoms with E-state index in [0.29, 0.717) is 13.1 Å². The number of unbranched alkanes of at least 4 members (excludes halogenated alkanes) is 2. The summed E-state index contributed by atoms with van der Waals surface area (Å²) in [4.78, 5) is 49.0. The van der Waals surface area contributed by atoms with Gasteiger partial charge in [0.1, 0.15) is 0 Å². The Morgan fingerprint density at radius 3 is 1.70 bits per heavy atom. The van der Waals surface area contributed by atoms with Crippen LogP contribution in [-0.4, -0.2) is 65.8 Å². The van der Waals surface area contributed by atoms with Crippen LogP contribution < -0.4 is 11.1 Å². The summed E-state index contributed by atoms with van der Waals surface area (Å²) in [5.74, 6) is -0.648. The van der Waals surface area contributed by atoms with E-state index in [9.17, 15) is 19.2 Å². The highest BCUT2D eigenvalue weighted by Crippen LogP contribution is 2.17. The molecule has 0 aromatic heterocycles. The van der Waals surface area contributed by atoms with Gasteiger partial charge < -0.3 is 15.8 Å². The van der Waals surface area contributed by atoms with Crippen LogP contribution in [0.3, 0.4) is 0 Å². The summed E-state index contributed by atoms with van der Waals surface area (Å²) in [6.07, 6.45) is 9.93. The Labute approximate surface area is 256 Å². The third-order valence-electron chi connectivity index (χ3n) is 6.82. The zero-order valence-corrected chi connectivity index (χ0v) is 25.7. The number of ether oxygens (including phenoxy) is 1. The SMILES string of the molecule is C1CCOC1.CCCCN.CCCCNC1CC(=O)N(Cc2ccccc2)C1=O.O=C1C=CC(=O)N1Cc1ccccc1. The van der Waals surface area contributed by atoms with Gasteiger partial charge in [-0.25, -0.2) is 0 Å². The molecule has 3 N–H and O–H groups in total. The third-order valence-corrected chi connectivity index (χ3v) is 6.82. The van der Waals surface area contributed by atoms with Gasteiger partial charge in [-0.3, -0.25) is 29.0 Å². The van der Waals surface area contributed by atoms with Crippen molar-refractivity contribution in [2.75, 3.05) is 26.3 Å². The Morgan fingerprint density at radius 1 is 0.767 bits per heavy atom. The van der Waals surface area contributed by atoms with Crippen molar-refractivity contribution in [3.8, 4) is 0 Å². The van der Waals surface area contributed by atoms with Crippen molar-refractivity contribution in [2.24, 2.45) is 5.73 Å². The molecule has 2 fully saturated rings. The predicted octanol–water partition coefficient (Wildman–Crippen LogP) is 4.36. The van der Waals surface area contributed by atoms with E-state index in [1.54, 1.807) is 0 Å². The summed E-state index contributed by atoms with van der Waals surface area (Å²) in [5.41, 5.74) is 7.08. The van der Waals surface area contributed by atoms with E-state index in [4.69, 9.17) is 10.5 Å². The number of amides is 4. The van der Waals surface area contributed by atoms with Crippen molar-refractivity contribution in [3.05, 3.63) is 83.9 Å². The molecule has 3 aliphatic rings. The second-order valence-electron chi connectivity index (χ2n) is 10.4. The molecule has 1 unspecified atom stereocenters. The number of hydrogen-bond acceptors (Lipinski definition) is 7. The number of likely N-dealkylation sites (tertiary alicyclic amines) is 1. The average Bonchev–Trinajstić information content (AvgIpc) is 3.77. The highest BCUT2D eigenvalue weighted by molar-refractivity contribution is 6.12. The minimum atomic E-state index is -0.331. The number of rotatable bonds is 10. The molecule has 0 aliphatic carbocycles. The van der Waals surface area contributed by atoms with E-state index in [1.165, 1.54) is 47.6 Å². The van der Waals surface area contributed by atoms with Crippen molar-refractivity contribution in [3.63, 3.8) is 0 Å². The molecule has 234 valence electrons. The van der Waals surface area contributed by atoms with Crippen LogP contribution in [-0.2, 0) is 37.0 Å². The molecule has 0 saturated carbocycles. The van der Waals surface area contributed by atoms with Crippen LogP contribution in [0.25, 0.3) is 0 Å². The molecule has 9 heteroatoms. The van der Waals surface area contributed by atoms with Gasteiger partial charge in [0.25, 0.3) is 11.8 Å². The molecule has 3 heterocycles. The van der Waals surface area contributed by atoms with Crippen LogP contribution in [0.5, 0.6) is 0 Å². The van der Waals surface area contributed by atoms with Gasteiger partial charge in [0.2, 0.25) is 11.8 Å². The van der Waals surface area contributed by atoms with E-state index in [1.807, 2.05) is 60.7 Å². The summed E-state index contributed by atoms with van der Waals surface area (Å²) in [6.45, 7) is 8.60. The van der Waals surface area contributed by atoms with Gasteiger partial charge in [0.05, 0.1) is 25.6 Å². The number of hydrogen-bond donors (Lipinski definition) is 2. The minimum absolute atomic E-state index is 0.0807. The Morgan fingerprint density at radius 2 is 1.28 bits per heavy atom. The highest BCUT2D eigenvalue weighted by Gasteiger charge is 2.37. The summed E-state index contributed by atoms with van der Waals surface area (Å²) < 4.78 is 4.94. The van der Waals surface area contributed by atoms with Gasteiger partial charge in [-0.1, -0.05) is 87.4 Å². The number of carbonyl (C=O) groups is 4. The van der Waals surface area contributed by atoms with E-state index < -0.39 is 0 Å². The monoisotopic (exact) mass is 592 g/mol. The van der Waals surface area contributed by atoms with Crippen LogP contribution >= 0.6 is 0 Å². The maximum atomic E-state index is 12.2. The van der Waals surface area contributed by atoms with Crippen molar-refractivity contribution in [2.45, 2.75) is 77.9 Å². The average molecular weight is 593 g/mol. The molecule has 2 aromatic rings. The number of nitrogens with two attached hydrogens (primary N) is 1. The van der Waals surface area contributed by atoms with E-state index in [2.05, 4.69) is 19.2 Å². The van der Waals surface area contributed by atoms with Crippen LogP contribution in [0.2, 0.25) is 0 Å². The third kappa shape index (κ3) is 13.5. The highest BCUT2D eigenvalue weighted by atomic mass is 16.5. The summed E-state index contributed by atoms with van der Waals surface area (Å²) in [5, 5.41) is 3.17. The molecule has 4 amide bonds. The van der Waals surface area contributed by atoms with Crippen LogP contribution in [0.1, 0.15) is 69.9 Å². The fourth-order valence-electron chi connectivity index (χ4n) is 4.30. The lowest BCUT2D eigenvalue weighted by Gasteiger charge is -2.15. The number of carbonyl (C=O) groups excluding carboxylic acids is 4.